The highest BCUT2D eigenvalue weighted by Crippen LogP contribution is 2.26. The third kappa shape index (κ3) is 2.88. The molecule has 0 aliphatic heterocycles. The summed E-state index contributed by atoms with van der Waals surface area (Å²) in [6, 6.07) is 9.64. The minimum absolute atomic E-state index is 0.109. The van der Waals surface area contributed by atoms with Crippen molar-refractivity contribution in [3.8, 4) is 0 Å². The molecular weight excluding hydrogens is 256 g/mol. The van der Waals surface area contributed by atoms with E-state index in [1.165, 1.54) is 18.2 Å². The van der Waals surface area contributed by atoms with Gasteiger partial charge in [-0.25, -0.2) is 8.78 Å². The van der Waals surface area contributed by atoms with Crippen molar-refractivity contribution in [3.63, 3.8) is 0 Å². The van der Waals surface area contributed by atoms with Gasteiger partial charge in [0.1, 0.15) is 11.6 Å². The molecule has 2 rings (SSSR count). The van der Waals surface area contributed by atoms with Crippen molar-refractivity contribution < 1.29 is 8.78 Å². The van der Waals surface area contributed by atoms with E-state index in [9.17, 15) is 8.78 Å². The molecule has 0 saturated heterocycles. The molecule has 3 heteroatoms. The molecule has 0 fully saturated rings. The summed E-state index contributed by atoms with van der Waals surface area (Å²) in [4.78, 5) is 0. The number of aryl methyl sites for hydroxylation is 2. The summed E-state index contributed by atoms with van der Waals surface area (Å²) < 4.78 is 27.8. The van der Waals surface area contributed by atoms with E-state index >= 15 is 0 Å². The van der Waals surface area contributed by atoms with E-state index in [1.807, 2.05) is 32.0 Å². The zero-order valence-corrected chi connectivity index (χ0v) is 12.0. The predicted octanol–water partition coefficient (Wildman–Crippen LogP) is 4.08. The minimum Gasteiger partial charge on any atom is -0.313 e. The Morgan fingerprint density at radius 1 is 0.950 bits per heavy atom. The number of nitrogens with one attached hydrogen (secondary N) is 1. The maximum atomic E-state index is 13.9. The van der Waals surface area contributed by atoms with Crippen LogP contribution >= 0.6 is 0 Å². The molecule has 1 atom stereocenters. The summed E-state index contributed by atoms with van der Waals surface area (Å²) in [7, 11) is 1.73. The lowest BCUT2D eigenvalue weighted by molar-refractivity contribution is 0.488. The van der Waals surface area contributed by atoms with Gasteiger partial charge in [0, 0.05) is 11.6 Å². The van der Waals surface area contributed by atoms with E-state index in [0.717, 1.165) is 16.7 Å². The zero-order chi connectivity index (χ0) is 14.7. The fourth-order valence-corrected chi connectivity index (χ4v) is 2.57. The molecule has 0 saturated carbocycles. The highest BCUT2D eigenvalue weighted by Gasteiger charge is 2.20. The second-order valence-corrected chi connectivity index (χ2v) is 5.05. The van der Waals surface area contributed by atoms with Crippen LogP contribution in [0.25, 0.3) is 0 Å². The quantitative estimate of drug-likeness (QED) is 0.886. The van der Waals surface area contributed by atoms with Crippen molar-refractivity contribution in [2.75, 3.05) is 7.05 Å². The first-order chi connectivity index (χ1) is 9.54. The van der Waals surface area contributed by atoms with E-state index in [-0.39, 0.29) is 11.6 Å². The fraction of sp³-hybridized carbons (Fsp3) is 0.294. The van der Waals surface area contributed by atoms with Crippen LogP contribution in [0.4, 0.5) is 8.78 Å². The SMILES string of the molecule is CNC(Cc1c(C)cccc1C)c1c(F)cccc1F. The molecule has 0 aromatic heterocycles. The second-order valence-electron chi connectivity index (χ2n) is 5.05. The molecule has 2 aromatic rings. The molecule has 0 bridgehead atoms. The normalized spacial score (nSPS) is 12.4. The lowest BCUT2D eigenvalue weighted by atomic mass is 9.92. The Balaban J connectivity index is 2.39. The lowest BCUT2D eigenvalue weighted by Crippen LogP contribution is -2.22. The van der Waals surface area contributed by atoms with E-state index in [0.29, 0.717) is 6.42 Å². The number of benzene rings is 2. The second kappa shape index (κ2) is 6.14. The van der Waals surface area contributed by atoms with Gasteiger partial charge in [-0.05, 0) is 56.1 Å². The van der Waals surface area contributed by atoms with E-state index in [1.54, 1.807) is 7.05 Å². The first-order valence-electron chi connectivity index (χ1n) is 6.71. The molecule has 1 N–H and O–H groups in total. The first kappa shape index (κ1) is 14.7. The zero-order valence-electron chi connectivity index (χ0n) is 12.0. The summed E-state index contributed by atoms with van der Waals surface area (Å²) in [5.41, 5.74) is 3.52. The molecule has 0 radical (unpaired) electrons. The molecule has 1 nitrogen and oxygen atoms in total. The maximum absolute atomic E-state index is 13.9. The Kier molecular flexibility index (Phi) is 4.50. The predicted molar refractivity (Wildman–Crippen MR) is 77.8 cm³/mol. The van der Waals surface area contributed by atoms with E-state index in [4.69, 9.17) is 0 Å². The molecule has 106 valence electrons. The molecule has 2 aromatic carbocycles. The summed E-state index contributed by atoms with van der Waals surface area (Å²) in [6.45, 7) is 4.04. The monoisotopic (exact) mass is 275 g/mol. The van der Waals surface area contributed by atoms with Crippen molar-refractivity contribution in [1.82, 2.24) is 5.32 Å². The highest BCUT2D eigenvalue weighted by atomic mass is 19.1. The summed E-state index contributed by atoms with van der Waals surface area (Å²) >= 11 is 0. The Bertz CT molecular complexity index is 567. The van der Waals surface area contributed by atoms with Crippen molar-refractivity contribution in [3.05, 3.63) is 70.3 Å². The van der Waals surface area contributed by atoms with Crippen molar-refractivity contribution in [1.29, 1.82) is 0 Å². The van der Waals surface area contributed by atoms with Gasteiger partial charge in [0.2, 0.25) is 0 Å². The van der Waals surface area contributed by atoms with Crippen LogP contribution in [0.15, 0.2) is 36.4 Å². The topological polar surface area (TPSA) is 12.0 Å². The minimum atomic E-state index is -0.504. The third-order valence-electron chi connectivity index (χ3n) is 3.75. The van der Waals surface area contributed by atoms with E-state index in [2.05, 4.69) is 5.32 Å². The average Bonchev–Trinajstić information content (AvgIpc) is 2.40. The number of hydrogen-bond acceptors (Lipinski definition) is 1. The van der Waals surface area contributed by atoms with Gasteiger partial charge in [0.15, 0.2) is 0 Å². The van der Waals surface area contributed by atoms with Gasteiger partial charge in [-0.3, -0.25) is 0 Å². The number of halogens is 2. The van der Waals surface area contributed by atoms with Gasteiger partial charge in [0.05, 0.1) is 0 Å². The Morgan fingerprint density at radius 3 is 1.95 bits per heavy atom. The van der Waals surface area contributed by atoms with Gasteiger partial charge >= 0.3 is 0 Å². The Labute approximate surface area is 118 Å². The largest absolute Gasteiger partial charge is 0.313 e. The molecule has 0 aliphatic carbocycles. The number of rotatable bonds is 4. The van der Waals surface area contributed by atoms with Crippen molar-refractivity contribution in [2.45, 2.75) is 26.3 Å². The van der Waals surface area contributed by atoms with Gasteiger partial charge in [0.25, 0.3) is 0 Å². The molecule has 0 heterocycles. The number of likely N-dealkylation sites (N-methyl/N-ethyl adjacent to an activating group) is 1. The van der Waals surface area contributed by atoms with Gasteiger partial charge in [-0.2, -0.15) is 0 Å². The van der Waals surface area contributed by atoms with Crippen LogP contribution in [0.2, 0.25) is 0 Å². The smallest absolute Gasteiger partial charge is 0.130 e. The molecule has 0 spiro atoms. The van der Waals surface area contributed by atoms with Crippen LogP contribution in [0.5, 0.6) is 0 Å². The third-order valence-corrected chi connectivity index (χ3v) is 3.75. The van der Waals surface area contributed by atoms with Crippen molar-refractivity contribution >= 4 is 0 Å². The summed E-state index contributed by atoms with van der Waals surface area (Å²) in [5, 5.41) is 3.02. The summed E-state index contributed by atoms with van der Waals surface area (Å²) in [6.07, 6.45) is 0.562. The molecule has 20 heavy (non-hydrogen) atoms. The van der Waals surface area contributed by atoms with Gasteiger partial charge in [-0.15, -0.1) is 0 Å². The van der Waals surface area contributed by atoms with Crippen molar-refractivity contribution in [2.24, 2.45) is 0 Å². The first-order valence-corrected chi connectivity index (χ1v) is 6.71. The van der Waals surface area contributed by atoms with Crippen LogP contribution in [-0.2, 0) is 6.42 Å². The van der Waals surface area contributed by atoms with Crippen LogP contribution in [0, 0.1) is 25.5 Å². The van der Waals surface area contributed by atoms with Crippen LogP contribution in [0.3, 0.4) is 0 Å². The Hall–Kier alpha value is -1.74. The maximum Gasteiger partial charge on any atom is 0.130 e. The standard InChI is InChI=1S/C17H19F2N/c1-11-6-4-7-12(2)13(11)10-16(20-3)17-14(18)8-5-9-15(17)19/h4-9,16,20H,10H2,1-3H3. The summed E-state index contributed by atoms with van der Waals surface area (Å²) in [5.74, 6) is -1.01. The molecule has 0 amide bonds. The molecular formula is C17H19F2N. The van der Waals surface area contributed by atoms with Crippen LogP contribution in [0.1, 0.15) is 28.3 Å². The Morgan fingerprint density at radius 2 is 1.45 bits per heavy atom. The van der Waals surface area contributed by atoms with E-state index < -0.39 is 11.6 Å². The molecule has 0 aliphatic rings. The van der Waals surface area contributed by atoms with Gasteiger partial charge < -0.3 is 5.32 Å². The van der Waals surface area contributed by atoms with Crippen LogP contribution in [-0.4, -0.2) is 7.05 Å². The van der Waals surface area contributed by atoms with Gasteiger partial charge in [-0.1, -0.05) is 24.3 Å². The number of hydrogen-bond donors (Lipinski definition) is 1. The lowest BCUT2D eigenvalue weighted by Gasteiger charge is -2.20. The fourth-order valence-electron chi connectivity index (χ4n) is 2.57. The molecule has 1 unspecified atom stereocenters. The highest BCUT2D eigenvalue weighted by molar-refractivity contribution is 5.36. The van der Waals surface area contributed by atoms with Crippen LogP contribution < -0.4 is 5.32 Å². The average molecular weight is 275 g/mol.